The van der Waals surface area contributed by atoms with Gasteiger partial charge in [-0.25, -0.2) is 0 Å². The quantitative estimate of drug-likeness (QED) is 0.263. The number of hydrogen-bond donors (Lipinski definition) is 0. The highest BCUT2D eigenvalue weighted by atomic mass is 28.3. The van der Waals surface area contributed by atoms with Gasteiger partial charge in [0.1, 0.15) is 0 Å². The molecule has 0 bridgehead atoms. The van der Waals surface area contributed by atoms with Gasteiger partial charge in [0.15, 0.2) is 0 Å². The molecule has 0 aliphatic heterocycles. The van der Waals surface area contributed by atoms with Crippen LogP contribution in [0.5, 0.6) is 0 Å². The van der Waals surface area contributed by atoms with Crippen LogP contribution in [0.1, 0.15) is 121 Å². The third kappa shape index (κ3) is 5.02. The van der Waals surface area contributed by atoms with Gasteiger partial charge in [-0.2, -0.15) is 0 Å². The van der Waals surface area contributed by atoms with Crippen LogP contribution in [-0.4, -0.2) is 16.1 Å². The monoisotopic (exact) mass is 639 g/mol. The Morgan fingerprint density at radius 2 is 0.591 bits per heavy atom. The summed E-state index contributed by atoms with van der Waals surface area (Å²) in [4.78, 5) is 0. The molecule has 6 aliphatic rings. The first-order valence-electron chi connectivity index (χ1n) is 20.5. The van der Waals surface area contributed by atoms with E-state index in [4.69, 9.17) is 0 Å². The maximum absolute atomic E-state index is 2.90. The van der Waals surface area contributed by atoms with Gasteiger partial charge in [-0.1, -0.05) is 121 Å². The first kappa shape index (κ1) is 34.3. The van der Waals surface area contributed by atoms with Crippen LogP contribution in [0.15, 0.2) is 0 Å². The Labute approximate surface area is 278 Å². The predicted molar refractivity (Wildman–Crippen MR) is 199 cm³/mol. The van der Waals surface area contributed by atoms with E-state index in [1.54, 1.807) is 51.4 Å². The lowest BCUT2D eigenvalue weighted by Crippen LogP contribution is -2.48. The van der Waals surface area contributed by atoms with Gasteiger partial charge >= 0.3 is 0 Å². The fraction of sp³-hybridized carbons (Fsp3) is 1.00. The van der Waals surface area contributed by atoms with Crippen molar-refractivity contribution in [2.24, 2.45) is 94.7 Å². The van der Waals surface area contributed by atoms with Crippen molar-refractivity contribution in [3.63, 3.8) is 0 Å². The van der Waals surface area contributed by atoms with Crippen molar-refractivity contribution < 1.29 is 0 Å². The molecule has 0 saturated heterocycles. The summed E-state index contributed by atoms with van der Waals surface area (Å²) in [5, 5.41) is 0. The van der Waals surface area contributed by atoms with E-state index in [0.29, 0.717) is 0 Å². The summed E-state index contributed by atoms with van der Waals surface area (Å²) in [5.74, 6) is 15.8. The second kappa shape index (κ2) is 12.1. The van der Waals surface area contributed by atoms with Gasteiger partial charge in [0.05, 0.1) is 16.1 Å². The molecule has 18 unspecified atom stereocenters. The molecule has 0 aromatic heterocycles. The Morgan fingerprint density at radius 3 is 0.886 bits per heavy atom. The lowest BCUT2D eigenvalue weighted by atomic mass is 9.60. The third-order valence-electron chi connectivity index (χ3n) is 19.0. The maximum Gasteiger partial charge on any atom is 0.0546 e. The highest BCUT2D eigenvalue weighted by Crippen LogP contribution is 2.69. The van der Waals surface area contributed by atoms with E-state index >= 15 is 0 Å². The number of hydrogen-bond acceptors (Lipinski definition) is 0. The molecule has 0 spiro atoms. The summed E-state index contributed by atoms with van der Waals surface area (Å²) in [6, 6.07) is 0. The van der Waals surface area contributed by atoms with Crippen LogP contribution in [0.4, 0.5) is 0 Å². The van der Waals surface area contributed by atoms with Gasteiger partial charge in [0.25, 0.3) is 0 Å². The van der Waals surface area contributed by atoms with Gasteiger partial charge in [0.2, 0.25) is 0 Å². The Kier molecular flexibility index (Phi) is 9.42. The van der Waals surface area contributed by atoms with Gasteiger partial charge in [-0.05, 0) is 143 Å². The van der Waals surface area contributed by atoms with Crippen molar-refractivity contribution in [1.29, 1.82) is 0 Å². The summed E-state index contributed by atoms with van der Waals surface area (Å²) in [7, 11) is -2.81. The molecule has 18 atom stereocenters. The van der Waals surface area contributed by atoms with E-state index < -0.39 is 16.1 Å². The average Bonchev–Trinajstić information content (AvgIpc) is 3.61. The van der Waals surface area contributed by atoms with E-state index in [1.807, 2.05) is 0 Å². The van der Waals surface area contributed by atoms with Crippen molar-refractivity contribution in [2.45, 2.75) is 169 Å². The lowest BCUT2D eigenvalue weighted by Gasteiger charge is -2.51. The molecule has 0 N–H and O–H groups in total. The summed E-state index contributed by atoms with van der Waals surface area (Å²) in [6.45, 7) is 38.2. The molecule has 6 saturated carbocycles. The molecule has 0 aromatic rings. The third-order valence-corrected chi connectivity index (χ3v) is 30.0. The molecule has 0 amide bonds. The van der Waals surface area contributed by atoms with Crippen LogP contribution >= 0.6 is 0 Å². The number of rotatable bonds is 5. The van der Waals surface area contributed by atoms with Crippen molar-refractivity contribution in [3.8, 4) is 0 Å². The van der Waals surface area contributed by atoms with E-state index in [2.05, 4.69) is 95.4 Å². The van der Waals surface area contributed by atoms with Gasteiger partial charge in [-0.3, -0.25) is 0 Å². The molecule has 6 aliphatic carbocycles. The molecule has 0 radical (unpaired) electrons. The standard InChI is InChI=1S/C42H78Si2/c1-23-21-37-33(17-15-19-35(37)39(23)43(11,12)41-29(7)25(3)26(4)30(41)8)34-18-16-20-36-38(34)22-24(2)40(36)44(13,14)42-31(9)27(5)28(6)32(42)10/h23-42H,15-22H2,1-14H3. The van der Waals surface area contributed by atoms with Crippen LogP contribution < -0.4 is 0 Å². The molecule has 2 heteroatoms. The topological polar surface area (TPSA) is 0 Å². The maximum atomic E-state index is 2.90. The van der Waals surface area contributed by atoms with E-state index in [0.717, 1.165) is 117 Å². The van der Waals surface area contributed by atoms with E-state index in [1.165, 1.54) is 0 Å². The summed E-state index contributed by atoms with van der Waals surface area (Å²) in [6.07, 6.45) is 12.7. The van der Waals surface area contributed by atoms with Crippen LogP contribution in [-0.2, 0) is 0 Å². The zero-order valence-corrected chi connectivity index (χ0v) is 34.2. The summed E-state index contributed by atoms with van der Waals surface area (Å²) >= 11 is 0. The Balaban J connectivity index is 1.24. The highest BCUT2D eigenvalue weighted by Gasteiger charge is 2.62. The van der Waals surface area contributed by atoms with Crippen LogP contribution in [0.3, 0.4) is 0 Å². The zero-order valence-electron chi connectivity index (χ0n) is 32.2. The smallest absolute Gasteiger partial charge is 0.0546 e. The first-order valence-corrected chi connectivity index (χ1v) is 26.8. The molecular weight excluding hydrogens is 561 g/mol. The molecule has 0 heterocycles. The van der Waals surface area contributed by atoms with Gasteiger partial charge in [-0.15, -0.1) is 0 Å². The summed E-state index contributed by atoms with van der Waals surface area (Å²) < 4.78 is 0. The second-order valence-corrected chi connectivity index (χ2v) is 30.8. The lowest BCUT2D eigenvalue weighted by molar-refractivity contribution is 0.0427. The van der Waals surface area contributed by atoms with Crippen LogP contribution in [0.25, 0.3) is 0 Å². The molecule has 0 aromatic carbocycles. The van der Waals surface area contributed by atoms with Crippen LogP contribution in [0, 0.1) is 94.7 Å². The van der Waals surface area contributed by atoms with Crippen molar-refractivity contribution in [1.82, 2.24) is 0 Å². The molecule has 6 fully saturated rings. The SMILES string of the molecule is CC1CC2C(C3CCCC4C3CC(C)C4[Si](C)(C)C3C(C)C(C)C(C)C3C)CCCC2C1[Si](C)(C)C1C(C)C(C)C(C)C1C. The fourth-order valence-electron chi connectivity index (χ4n) is 17.2. The molecule has 44 heavy (non-hydrogen) atoms. The van der Waals surface area contributed by atoms with Gasteiger partial charge in [0, 0.05) is 0 Å². The minimum Gasteiger partial charge on any atom is -0.0689 e. The summed E-state index contributed by atoms with van der Waals surface area (Å²) in [5.41, 5.74) is 4.23. The Bertz CT molecular complexity index is 907. The Morgan fingerprint density at radius 1 is 0.318 bits per heavy atom. The van der Waals surface area contributed by atoms with Crippen molar-refractivity contribution in [3.05, 3.63) is 0 Å². The molecule has 6 rings (SSSR count). The van der Waals surface area contributed by atoms with Crippen molar-refractivity contribution >= 4 is 16.1 Å². The molecular formula is C42H78Si2. The second-order valence-electron chi connectivity index (χ2n) is 20.9. The minimum absolute atomic E-state index is 0.916. The highest BCUT2D eigenvalue weighted by molar-refractivity contribution is 6.81. The Hall–Kier alpha value is 0.434. The van der Waals surface area contributed by atoms with E-state index in [-0.39, 0.29) is 0 Å². The normalized spacial score (nSPS) is 56.6. The zero-order chi connectivity index (χ0) is 32.2. The van der Waals surface area contributed by atoms with Crippen LogP contribution in [0.2, 0.25) is 48.4 Å². The first-order chi connectivity index (χ1) is 20.5. The fourth-order valence-corrected chi connectivity index (χ4v) is 31.0. The molecule has 0 nitrogen and oxygen atoms in total. The number of fused-ring (bicyclic) bond motifs is 2. The predicted octanol–water partition coefficient (Wildman–Crippen LogP) is 13.1. The molecule has 254 valence electrons. The minimum atomic E-state index is -1.40. The van der Waals surface area contributed by atoms with E-state index in [9.17, 15) is 0 Å². The largest absolute Gasteiger partial charge is 0.0689 e. The average molecular weight is 639 g/mol. The van der Waals surface area contributed by atoms with Crippen molar-refractivity contribution in [2.75, 3.05) is 0 Å². The van der Waals surface area contributed by atoms with Gasteiger partial charge < -0.3 is 0 Å².